The molecule has 0 amide bonds. The number of hydrogen-bond donors (Lipinski definition) is 1. The van der Waals surface area contributed by atoms with E-state index < -0.39 is 5.97 Å². The third-order valence-corrected chi connectivity index (χ3v) is 3.82. The van der Waals surface area contributed by atoms with Crippen molar-refractivity contribution in [1.29, 1.82) is 0 Å². The van der Waals surface area contributed by atoms with E-state index in [1.165, 1.54) is 0 Å². The first-order valence-corrected chi connectivity index (χ1v) is 7.08. The van der Waals surface area contributed by atoms with E-state index in [4.69, 9.17) is 0 Å². The van der Waals surface area contributed by atoms with Crippen LogP contribution in [0.2, 0.25) is 0 Å². The molecule has 1 fully saturated rings. The Labute approximate surface area is 111 Å². The van der Waals surface area contributed by atoms with Crippen molar-refractivity contribution in [2.45, 2.75) is 58.5 Å². The molecule has 1 saturated heterocycles. The van der Waals surface area contributed by atoms with Gasteiger partial charge in [0.15, 0.2) is 0 Å². The van der Waals surface area contributed by atoms with Crippen molar-refractivity contribution in [1.82, 2.24) is 9.80 Å². The molecule has 1 unspecified atom stereocenters. The SMILES string of the molecule is CCCCC(C(=O)O)N1CCN(C(C)(C)C)CC1. The predicted molar refractivity (Wildman–Crippen MR) is 73.8 cm³/mol. The van der Waals surface area contributed by atoms with Crippen LogP contribution in [0.3, 0.4) is 0 Å². The summed E-state index contributed by atoms with van der Waals surface area (Å²) in [5, 5.41) is 9.32. The fourth-order valence-electron chi connectivity index (χ4n) is 2.56. The summed E-state index contributed by atoms with van der Waals surface area (Å²) in [7, 11) is 0. The zero-order chi connectivity index (χ0) is 13.8. The molecule has 1 aliphatic heterocycles. The summed E-state index contributed by atoms with van der Waals surface area (Å²) in [6.45, 7) is 12.4. The molecule has 1 aliphatic rings. The Morgan fingerprint density at radius 2 is 1.78 bits per heavy atom. The number of nitrogens with zero attached hydrogens (tertiary/aromatic N) is 2. The average molecular weight is 256 g/mol. The van der Waals surface area contributed by atoms with Gasteiger partial charge >= 0.3 is 5.97 Å². The lowest BCUT2D eigenvalue weighted by Gasteiger charge is -2.43. The Morgan fingerprint density at radius 3 is 2.17 bits per heavy atom. The Bertz CT molecular complexity index is 265. The molecule has 4 nitrogen and oxygen atoms in total. The second-order valence-electron chi connectivity index (χ2n) is 6.19. The third-order valence-electron chi connectivity index (χ3n) is 3.82. The number of carboxylic acid groups (broad SMARTS) is 1. The van der Waals surface area contributed by atoms with Gasteiger partial charge in [-0.05, 0) is 27.2 Å². The summed E-state index contributed by atoms with van der Waals surface area (Å²) < 4.78 is 0. The fourth-order valence-corrected chi connectivity index (χ4v) is 2.56. The van der Waals surface area contributed by atoms with Crippen LogP contribution in [0.15, 0.2) is 0 Å². The van der Waals surface area contributed by atoms with E-state index in [1.54, 1.807) is 0 Å². The van der Waals surface area contributed by atoms with Gasteiger partial charge in [-0.15, -0.1) is 0 Å². The normalized spacial score (nSPS) is 20.9. The minimum absolute atomic E-state index is 0.189. The molecule has 0 bridgehead atoms. The maximum Gasteiger partial charge on any atom is 0.320 e. The van der Waals surface area contributed by atoms with E-state index in [9.17, 15) is 9.90 Å². The highest BCUT2D eigenvalue weighted by atomic mass is 16.4. The number of rotatable bonds is 5. The van der Waals surface area contributed by atoms with Crippen LogP contribution in [0.1, 0.15) is 47.0 Å². The smallest absolute Gasteiger partial charge is 0.320 e. The highest BCUT2D eigenvalue weighted by Crippen LogP contribution is 2.18. The van der Waals surface area contributed by atoms with E-state index in [2.05, 4.69) is 37.5 Å². The molecule has 106 valence electrons. The minimum atomic E-state index is -0.660. The second kappa shape index (κ2) is 6.53. The highest BCUT2D eigenvalue weighted by molar-refractivity contribution is 5.73. The Balaban J connectivity index is 2.51. The number of carboxylic acids is 1. The molecule has 0 aliphatic carbocycles. The molecule has 4 heteroatoms. The van der Waals surface area contributed by atoms with Crippen LogP contribution < -0.4 is 0 Å². The highest BCUT2D eigenvalue weighted by Gasteiger charge is 2.31. The van der Waals surface area contributed by atoms with Crippen molar-refractivity contribution in [2.24, 2.45) is 0 Å². The van der Waals surface area contributed by atoms with Gasteiger partial charge in [-0.2, -0.15) is 0 Å². The van der Waals surface area contributed by atoms with Gasteiger partial charge < -0.3 is 5.11 Å². The summed E-state index contributed by atoms with van der Waals surface area (Å²) in [4.78, 5) is 15.9. The van der Waals surface area contributed by atoms with Crippen LogP contribution in [-0.4, -0.2) is 58.6 Å². The molecule has 1 rings (SSSR count). The van der Waals surface area contributed by atoms with Crippen molar-refractivity contribution in [2.75, 3.05) is 26.2 Å². The van der Waals surface area contributed by atoms with Crippen LogP contribution in [0.25, 0.3) is 0 Å². The first-order chi connectivity index (χ1) is 8.36. The minimum Gasteiger partial charge on any atom is -0.480 e. The summed E-state index contributed by atoms with van der Waals surface area (Å²) in [5.41, 5.74) is 0.189. The van der Waals surface area contributed by atoms with Gasteiger partial charge in [0, 0.05) is 31.7 Å². The van der Waals surface area contributed by atoms with Gasteiger partial charge in [0.05, 0.1) is 0 Å². The molecule has 0 aromatic rings. The number of hydrogen-bond acceptors (Lipinski definition) is 3. The predicted octanol–water partition coefficient (Wildman–Crippen LogP) is 2.05. The number of aliphatic carboxylic acids is 1. The van der Waals surface area contributed by atoms with Crippen molar-refractivity contribution in [3.05, 3.63) is 0 Å². The van der Waals surface area contributed by atoms with Crippen LogP contribution >= 0.6 is 0 Å². The fraction of sp³-hybridized carbons (Fsp3) is 0.929. The molecule has 0 spiro atoms. The van der Waals surface area contributed by atoms with Gasteiger partial charge in [0.2, 0.25) is 0 Å². The molecular weight excluding hydrogens is 228 g/mol. The maximum atomic E-state index is 11.3. The lowest BCUT2D eigenvalue weighted by atomic mass is 10.0. The lowest BCUT2D eigenvalue weighted by Crippen LogP contribution is -2.56. The molecule has 1 heterocycles. The van der Waals surface area contributed by atoms with Crippen LogP contribution in [0.4, 0.5) is 0 Å². The number of piperazine rings is 1. The van der Waals surface area contributed by atoms with Gasteiger partial charge in [0.1, 0.15) is 6.04 Å². The summed E-state index contributed by atoms with van der Waals surface area (Å²) in [5.74, 6) is -0.660. The van der Waals surface area contributed by atoms with Gasteiger partial charge in [-0.3, -0.25) is 14.6 Å². The Morgan fingerprint density at radius 1 is 1.22 bits per heavy atom. The standard InChI is InChI=1S/C14H28N2O2/c1-5-6-7-12(13(17)18)15-8-10-16(11-9-15)14(2,3)4/h12H,5-11H2,1-4H3,(H,17,18). The van der Waals surface area contributed by atoms with Crippen molar-refractivity contribution >= 4 is 5.97 Å². The van der Waals surface area contributed by atoms with Crippen molar-refractivity contribution in [3.63, 3.8) is 0 Å². The lowest BCUT2D eigenvalue weighted by molar-refractivity contribution is -0.144. The summed E-state index contributed by atoms with van der Waals surface area (Å²) >= 11 is 0. The quantitative estimate of drug-likeness (QED) is 0.817. The van der Waals surface area contributed by atoms with Crippen molar-refractivity contribution in [3.8, 4) is 0 Å². The van der Waals surface area contributed by atoms with E-state index >= 15 is 0 Å². The van der Waals surface area contributed by atoms with Crippen LogP contribution in [-0.2, 0) is 4.79 Å². The van der Waals surface area contributed by atoms with Crippen molar-refractivity contribution < 1.29 is 9.90 Å². The van der Waals surface area contributed by atoms with E-state index in [0.29, 0.717) is 0 Å². The average Bonchev–Trinajstić information content (AvgIpc) is 2.28. The first-order valence-electron chi connectivity index (χ1n) is 7.08. The number of carbonyl (C=O) groups is 1. The monoisotopic (exact) mass is 256 g/mol. The molecule has 0 radical (unpaired) electrons. The Kier molecular flexibility index (Phi) is 5.60. The topological polar surface area (TPSA) is 43.8 Å². The largest absolute Gasteiger partial charge is 0.480 e. The third kappa shape index (κ3) is 4.25. The molecule has 0 aromatic carbocycles. The second-order valence-corrected chi connectivity index (χ2v) is 6.19. The van der Waals surface area contributed by atoms with Crippen LogP contribution in [0, 0.1) is 0 Å². The van der Waals surface area contributed by atoms with Gasteiger partial charge in [0.25, 0.3) is 0 Å². The molecule has 1 atom stereocenters. The van der Waals surface area contributed by atoms with E-state index in [1.807, 2.05) is 0 Å². The maximum absolute atomic E-state index is 11.3. The molecule has 1 N–H and O–H groups in total. The van der Waals surface area contributed by atoms with E-state index in [-0.39, 0.29) is 11.6 Å². The molecule has 0 saturated carbocycles. The molecular formula is C14H28N2O2. The first kappa shape index (κ1) is 15.4. The summed E-state index contributed by atoms with van der Waals surface area (Å²) in [6, 6.07) is -0.285. The van der Waals surface area contributed by atoms with Gasteiger partial charge in [-0.1, -0.05) is 19.8 Å². The van der Waals surface area contributed by atoms with E-state index in [0.717, 1.165) is 45.4 Å². The molecule has 18 heavy (non-hydrogen) atoms. The number of unbranched alkanes of at least 4 members (excludes halogenated alkanes) is 1. The zero-order valence-corrected chi connectivity index (χ0v) is 12.3. The van der Waals surface area contributed by atoms with Gasteiger partial charge in [-0.25, -0.2) is 0 Å². The van der Waals surface area contributed by atoms with Crippen LogP contribution in [0.5, 0.6) is 0 Å². The summed E-state index contributed by atoms with van der Waals surface area (Å²) in [6.07, 6.45) is 2.84. The zero-order valence-electron chi connectivity index (χ0n) is 12.3. The molecule has 0 aromatic heterocycles. The Hall–Kier alpha value is -0.610.